The van der Waals surface area contributed by atoms with Crippen LogP contribution < -0.4 is 10.1 Å². The second kappa shape index (κ2) is 11.7. The van der Waals surface area contributed by atoms with Gasteiger partial charge < -0.3 is 15.0 Å². The van der Waals surface area contributed by atoms with Crippen molar-refractivity contribution in [3.05, 3.63) is 62.0 Å². The van der Waals surface area contributed by atoms with E-state index in [1.54, 1.807) is 25.1 Å². The zero-order valence-corrected chi connectivity index (χ0v) is 21.1. The lowest BCUT2D eigenvalue weighted by molar-refractivity contribution is -0.142. The van der Waals surface area contributed by atoms with Crippen LogP contribution in [0.15, 0.2) is 40.9 Å². The largest absolute Gasteiger partial charge is 0.483 e. The van der Waals surface area contributed by atoms with Crippen molar-refractivity contribution in [1.82, 2.24) is 10.2 Å². The minimum absolute atomic E-state index is 0.0897. The third kappa shape index (κ3) is 6.86. The summed E-state index contributed by atoms with van der Waals surface area (Å²) in [4.78, 5) is 27.0. The van der Waals surface area contributed by atoms with Gasteiger partial charge in [0.1, 0.15) is 11.8 Å². The minimum Gasteiger partial charge on any atom is -0.483 e. The Labute approximate surface area is 202 Å². The number of ether oxygens (including phenoxy) is 1. The summed E-state index contributed by atoms with van der Waals surface area (Å²) >= 11 is 16.1. The van der Waals surface area contributed by atoms with Crippen LogP contribution in [-0.2, 0) is 16.1 Å². The summed E-state index contributed by atoms with van der Waals surface area (Å²) < 4.78 is 6.53. The lowest BCUT2D eigenvalue weighted by Crippen LogP contribution is -2.49. The molecule has 0 radical (unpaired) electrons. The van der Waals surface area contributed by atoms with E-state index >= 15 is 0 Å². The molecule has 0 aliphatic heterocycles. The fourth-order valence-corrected chi connectivity index (χ4v) is 4.00. The van der Waals surface area contributed by atoms with E-state index in [0.717, 1.165) is 10.0 Å². The molecule has 0 aliphatic carbocycles. The maximum Gasteiger partial charge on any atom is 0.261 e. The summed E-state index contributed by atoms with van der Waals surface area (Å²) in [6, 6.07) is 10.2. The fraction of sp³-hybridized carbons (Fsp3) is 0.391. The van der Waals surface area contributed by atoms with Gasteiger partial charge in [0.2, 0.25) is 5.91 Å². The maximum absolute atomic E-state index is 13.1. The number of nitrogens with zero attached hydrogens (tertiary/aromatic N) is 1. The van der Waals surface area contributed by atoms with Crippen molar-refractivity contribution in [3.8, 4) is 5.75 Å². The summed E-state index contributed by atoms with van der Waals surface area (Å²) in [6.07, 6.45) is 0. The number of nitrogens with one attached hydrogen (secondary N) is 1. The van der Waals surface area contributed by atoms with Gasteiger partial charge in [-0.15, -0.1) is 0 Å². The Morgan fingerprint density at radius 2 is 1.77 bits per heavy atom. The predicted molar refractivity (Wildman–Crippen MR) is 129 cm³/mol. The molecule has 1 atom stereocenters. The highest BCUT2D eigenvalue weighted by Gasteiger charge is 2.27. The molecule has 8 heteroatoms. The first-order chi connectivity index (χ1) is 14.6. The average molecular weight is 530 g/mol. The zero-order chi connectivity index (χ0) is 23.1. The van der Waals surface area contributed by atoms with E-state index in [1.165, 1.54) is 4.90 Å². The second-order valence-corrected chi connectivity index (χ2v) is 9.09. The van der Waals surface area contributed by atoms with Crippen molar-refractivity contribution < 1.29 is 14.3 Å². The van der Waals surface area contributed by atoms with Crippen LogP contribution in [0.2, 0.25) is 10.0 Å². The molecule has 0 aliphatic rings. The molecule has 2 aromatic carbocycles. The molecular formula is C23H27BrCl2N2O3. The molecule has 2 rings (SSSR count). The Kier molecular flexibility index (Phi) is 9.66. The normalized spacial score (nSPS) is 11.9. The van der Waals surface area contributed by atoms with Crippen LogP contribution in [0.3, 0.4) is 0 Å². The standard InChI is InChI=1S/C23H27BrCl2N2O3/c1-5-27-23(30)15(4)28(12-17-19(25)7-6-8-20(17)26)22(29)13-31-21-10-9-16(14(2)3)11-18(21)24/h6-11,14-15H,5,12-13H2,1-4H3,(H,27,30)/t15-/m0/s1. The number of halogens is 3. The number of amides is 2. The number of benzene rings is 2. The molecular weight excluding hydrogens is 503 g/mol. The molecule has 0 fully saturated rings. The molecule has 0 bridgehead atoms. The van der Waals surface area contributed by atoms with Gasteiger partial charge in [0.15, 0.2) is 6.61 Å². The topological polar surface area (TPSA) is 58.6 Å². The zero-order valence-electron chi connectivity index (χ0n) is 18.0. The number of hydrogen-bond donors (Lipinski definition) is 1. The summed E-state index contributed by atoms with van der Waals surface area (Å²) in [7, 11) is 0. The van der Waals surface area contributed by atoms with Gasteiger partial charge in [-0.3, -0.25) is 9.59 Å². The molecule has 2 aromatic rings. The van der Waals surface area contributed by atoms with Gasteiger partial charge in [-0.05, 0) is 65.5 Å². The van der Waals surface area contributed by atoms with Crippen molar-refractivity contribution in [3.63, 3.8) is 0 Å². The fourth-order valence-electron chi connectivity index (χ4n) is 2.97. The van der Waals surface area contributed by atoms with Crippen LogP contribution in [0.4, 0.5) is 0 Å². The number of likely N-dealkylation sites (N-methyl/N-ethyl adjacent to an activating group) is 1. The number of hydrogen-bond acceptors (Lipinski definition) is 3. The maximum atomic E-state index is 13.1. The van der Waals surface area contributed by atoms with E-state index in [0.29, 0.717) is 33.8 Å². The van der Waals surface area contributed by atoms with E-state index in [4.69, 9.17) is 27.9 Å². The second-order valence-electron chi connectivity index (χ2n) is 7.43. The monoisotopic (exact) mass is 528 g/mol. The van der Waals surface area contributed by atoms with Gasteiger partial charge in [-0.25, -0.2) is 0 Å². The predicted octanol–water partition coefficient (Wildman–Crippen LogP) is 5.81. The Morgan fingerprint density at radius 1 is 1.13 bits per heavy atom. The summed E-state index contributed by atoms with van der Waals surface area (Å²) in [5, 5.41) is 3.61. The van der Waals surface area contributed by atoms with Crippen molar-refractivity contribution in [1.29, 1.82) is 0 Å². The first-order valence-corrected chi connectivity index (χ1v) is 11.6. The Hall–Kier alpha value is -1.76. The molecule has 0 unspecified atom stereocenters. The molecule has 0 aromatic heterocycles. The number of rotatable bonds is 9. The number of carbonyl (C=O) groups is 2. The van der Waals surface area contributed by atoms with Gasteiger partial charge in [-0.2, -0.15) is 0 Å². The van der Waals surface area contributed by atoms with Crippen LogP contribution in [0.1, 0.15) is 44.7 Å². The highest BCUT2D eigenvalue weighted by molar-refractivity contribution is 9.10. The average Bonchev–Trinajstić information content (AvgIpc) is 2.72. The van der Waals surface area contributed by atoms with Crippen molar-refractivity contribution >= 4 is 50.9 Å². The first-order valence-electron chi connectivity index (χ1n) is 10.1. The van der Waals surface area contributed by atoms with Gasteiger partial charge in [0, 0.05) is 28.7 Å². The summed E-state index contributed by atoms with van der Waals surface area (Å²) in [6.45, 7) is 8.02. The van der Waals surface area contributed by atoms with E-state index in [1.807, 2.05) is 25.1 Å². The quantitative estimate of drug-likeness (QED) is 0.445. The van der Waals surface area contributed by atoms with Crippen molar-refractivity contribution in [2.45, 2.75) is 46.2 Å². The van der Waals surface area contributed by atoms with Crippen LogP contribution in [-0.4, -0.2) is 35.9 Å². The SMILES string of the molecule is CCNC(=O)[C@H](C)N(Cc1c(Cl)cccc1Cl)C(=O)COc1ccc(C(C)C)cc1Br. The Balaban J connectivity index is 2.22. The Bertz CT molecular complexity index is 917. The molecule has 0 saturated heterocycles. The smallest absolute Gasteiger partial charge is 0.261 e. The molecule has 0 spiro atoms. The molecule has 168 valence electrons. The summed E-state index contributed by atoms with van der Waals surface area (Å²) in [5.74, 6) is 0.316. The van der Waals surface area contributed by atoms with Crippen LogP contribution in [0, 0.1) is 0 Å². The van der Waals surface area contributed by atoms with Gasteiger partial charge in [0.05, 0.1) is 4.47 Å². The first kappa shape index (κ1) is 25.5. The van der Waals surface area contributed by atoms with Gasteiger partial charge >= 0.3 is 0 Å². The van der Waals surface area contributed by atoms with Gasteiger partial charge in [0.25, 0.3) is 5.91 Å². The van der Waals surface area contributed by atoms with E-state index in [-0.39, 0.29) is 25.0 Å². The molecule has 5 nitrogen and oxygen atoms in total. The molecule has 0 heterocycles. The van der Waals surface area contributed by atoms with Gasteiger partial charge in [-0.1, -0.05) is 49.2 Å². The van der Waals surface area contributed by atoms with Crippen LogP contribution in [0.5, 0.6) is 5.75 Å². The van der Waals surface area contributed by atoms with E-state index < -0.39 is 6.04 Å². The minimum atomic E-state index is -0.727. The molecule has 31 heavy (non-hydrogen) atoms. The number of carbonyl (C=O) groups excluding carboxylic acids is 2. The molecule has 0 saturated carbocycles. The molecule has 1 N–H and O–H groups in total. The van der Waals surface area contributed by atoms with Crippen LogP contribution in [0.25, 0.3) is 0 Å². The lowest BCUT2D eigenvalue weighted by Gasteiger charge is -2.29. The summed E-state index contributed by atoms with van der Waals surface area (Å²) in [5.41, 5.74) is 1.74. The van der Waals surface area contributed by atoms with Crippen molar-refractivity contribution in [2.75, 3.05) is 13.2 Å². The Morgan fingerprint density at radius 3 is 2.32 bits per heavy atom. The third-order valence-electron chi connectivity index (χ3n) is 4.88. The van der Waals surface area contributed by atoms with Crippen LogP contribution >= 0.6 is 39.1 Å². The highest BCUT2D eigenvalue weighted by Crippen LogP contribution is 2.30. The van der Waals surface area contributed by atoms with E-state index in [9.17, 15) is 9.59 Å². The highest BCUT2D eigenvalue weighted by atomic mass is 79.9. The lowest BCUT2D eigenvalue weighted by atomic mass is 10.0. The molecule has 2 amide bonds. The third-order valence-corrected chi connectivity index (χ3v) is 6.21. The van der Waals surface area contributed by atoms with Crippen molar-refractivity contribution in [2.24, 2.45) is 0 Å². The van der Waals surface area contributed by atoms with E-state index in [2.05, 4.69) is 35.1 Å².